The van der Waals surface area contributed by atoms with Gasteiger partial charge in [0.05, 0.1) is 12.0 Å². The van der Waals surface area contributed by atoms with Crippen LogP contribution in [0.2, 0.25) is 0 Å². The molecule has 20 heavy (non-hydrogen) atoms. The van der Waals surface area contributed by atoms with Crippen LogP contribution in [0.4, 0.5) is 0 Å². The van der Waals surface area contributed by atoms with Gasteiger partial charge in [-0.25, -0.2) is 13.1 Å². The Morgan fingerprint density at radius 3 is 2.50 bits per heavy atom. The first kappa shape index (κ1) is 15.3. The molecule has 0 bridgehead atoms. The van der Waals surface area contributed by atoms with Gasteiger partial charge < -0.3 is 10.5 Å². The summed E-state index contributed by atoms with van der Waals surface area (Å²) in [5.74, 6) is 0.870. The lowest BCUT2D eigenvalue weighted by molar-refractivity contribution is 0.308. The van der Waals surface area contributed by atoms with Crippen LogP contribution in [0.25, 0.3) is 0 Å². The fraction of sp³-hybridized carbons (Fsp3) is 0.571. The minimum Gasteiger partial charge on any atom is -0.497 e. The summed E-state index contributed by atoms with van der Waals surface area (Å²) in [4.78, 5) is 0.252. The van der Waals surface area contributed by atoms with Gasteiger partial charge in [0.2, 0.25) is 10.0 Å². The lowest BCUT2D eigenvalue weighted by atomic mass is 9.85. The van der Waals surface area contributed by atoms with Crippen LogP contribution in [0, 0.1) is 5.92 Å². The molecule has 0 aliphatic heterocycles. The summed E-state index contributed by atoms with van der Waals surface area (Å²) in [5, 5.41) is 0. The van der Waals surface area contributed by atoms with E-state index in [-0.39, 0.29) is 16.9 Å². The Bertz CT molecular complexity index is 528. The van der Waals surface area contributed by atoms with E-state index in [0.29, 0.717) is 12.3 Å². The monoisotopic (exact) mass is 298 g/mol. The zero-order valence-corrected chi connectivity index (χ0v) is 12.5. The smallest absolute Gasteiger partial charge is 0.240 e. The van der Waals surface area contributed by atoms with Gasteiger partial charge in [0.25, 0.3) is 0 Å². The highest BCUT2D eigenvalue weighted by molar-refractivity contribution is 7.89. The first-order valence-electron chi connectivity index (χ1n) is 6.92. The third-order valence-corrected chi connectivity index (χ3v) is 5.31. The molecule has 0 saturated heterocycles. The fourth-order valence-electron chi connectivity index (χ4n) is 2.54. The number of sulfonamides is 1. The average molecular weight is 298 g/mol. The maximum absolute atomic E-state index is 12.2. The van der Waals surface area contributed by atoms with E-state index >= 15 is 0 Å². The summed E-state index contributed by atoms with van der Waals surface area (Å²) in [6, 6.07) is 6.47. The van der Waals surface area contributed by atoms with Gasteiger partial charge >= 0.3 is 0 Å². The van der Waals surface area contributed by atoms with E-state index in [1.807, 2.05) is 0 Å². The maximum atomic E-state index is 12.2. The quantitative estimate of drug-likeness (QED) is 0.863. The number of hydrogen-bond donors (Lipinski definition) is 2. The first-order valence-corrected chi connectivity index (χ1v) is 8.40. The largest absolute Gasteiger partial charge is 0.497 e. The van der Waals surface area contributed by atoms with Crippen molar-refractivity contribution in [1.29, 1.82) is 0 Å². The minimum atomic E-state index is -3.47. The van der Waals surface area contributed by atoms with Crippen molar-refractivity contribution in [3.63, 3.8) is 0 Å². The van der Waals surface area contributed by atoms with E-state index in [1.54, 1.807) is 31.4 Å². The predicted molar refractivity (Wildman–Crippen MR) is 78.1 cm³/mol. The number of methoxy groups -OCH3 is 1. The number of nitrogens with one attached hydrogen (secondary N) is 1. The predicted octanol–water partition coefficient (Wildman–Crippen LogP) is 1.49. The SMILES string of the molecule is COc1ccc(S(=O)(=O)NCC2CCCCC2N)cc1. The molecule has 1 aliphatic rings. The van der Waals surface area contributed by atoms with Gasteiger partial charge in [-0.1, -0.05) is 12.8 Å². The van der Waals surface area contributed by atoms with Gasteiger partial charge in [0, 0.05) is 12.6 Å². The normalized spacial score (nSPS) is 23.5. The van der Waals surface area contributed by atoms with Gasteiger partial charge in [0.1, 0.15) is 5.75 Å². The van der Waals surface area contributed by atoms with Crippen molar-refractivity contribution in [2.45, 2.75) is 36.6 Å². The number of nitrogens with two attached hydrogens (primary N) is 1. The number of hydrogen-bond acceptors (Lipinski definition) is 4. The molecular weight excluding hydrogens is 276 g/mol. The van der Waals surface area contributed by atoms with Gasteiger partial charge in [-0.3, -0.25) is 0 Å². The molecule has 0 radical (unpaired) electrons. The molecule has 1 saturated carbocycles. The molecule has 2 rings (SSSR count). The molecule has 1 fully saturated rings. The van der Waals surface area contributed by atoms with Crippen molar-refractivity contribution >= 4 is 10.0 Å². The zero-order valence-electron chi connectivity index (χ0n) is 11.7. The number of ether oxygens (including phenoxy) is 1. The van der Waals surface area contributed by atoms with E-state index in [0.717, 1.165) is 25.7 Å². The Balaban J connectivity index is 1.99. The minimum absolute atomic E-state index is 0.0994. The van der Waals surface area contributed by atoms with Crippen LogP contribution in [0.1, 0.15) is 25.7 Å². The molecular formula is C14H22N2O3S. The maximum Gasteiger partial charge on any atom is 0.240 e. The summed E-state index contributed by atoms with van der Waals surface area (Å²) in [6.45, 7) is 0.412. The van der Waals surface area contributed by atoms with Crippen LogP contribution >= 0.6 is 0 Å². The summed E-state index contributed by atoms with van der Waals surface area (Å²) in [5.41, 5.74) is 6.03. The van der Waals surface area contributed by atoms with E-state index in [9.17, 15) is 8.42 Å². The Kier molecular flexibility index (Phi) is 5.01. The second-order valence-corrected chi connectivity index (χ2v) is 7.00. The van der Waals surface area contributed by atoms with E-state index in [4.69, 9.17) is 10.5 Å². The van der Waals surface area contributed by atoms with Crippen molar-refractivity contribution in [2.24, 2.45) is 11.7 Å². The highest BCUT2D eigenvalue weighted by Crippen LogP contribution is 2.23. The summed E-state index contributed by atoms with van der Waals surface area (Å²) < 4.78 is 32.1. The molecule has 3 N–H and O–H groups in total. The molecule has 0 amide bonds. The average Bonchev–Trinajstić information content (AvgIpc) is 2.46. The third kappa shape index (κ3) is 3.71. The van der Waals surface area contributed by atoms with Crippen LogP contribution in [-0.2, 0) is 10.0 Å². The second kappa shape index (κ2) is 6.56. The Morgan fingerprint density at radius 1 is 1.25 bits per heavy atom. The van der Waals surface area contributed by atoms with E-state index in [2.05, 4.69) is 4.72 Å². The lowest BCUT2D eigenvalue weighted by Crippen LogP contribution is -2.41. The van der Waals surface area contributed by atoms with Crippen LogP contribution in [-0.4, -0.2) is 28.1 Å². The lowest BCUT2D eigenvalue weighted by Gasteiger charge is -2.28. The summed E-state index contributed by atoms with van der Waals surface area (Å²) in [6.07, 6.45) is 4.24. The number of benzene rings is 1. The molecule has 2 atom stereocenters. The highest BCUT2D eigenvalue weighted by atomic mass is 32.2. The second-order valence-electron chi connectivity index (χ2n) is 5.24. The molecule has 112 valence electrons. The molecule has 1 aliphatic carbocycles. The van der Waals surface area contributed by atoms with Crippen LogP contribution in [0.3, 0.4) is 0 Å². The Labute approximate surface area is 120 Å². The first-order chi connectivity index (χ1) is 9.53. The van der Waals surface area contributed by atoms with E-state index < -0.39 is 10.0 Å². The number of rotatable bonds is 5. The van der Waals surface area contributed by atoms with Crippen molar-refractivity contribution in [3.05, 3.63) is 24.3 Å². The zero-order chi connectivity index (χ0) is 14.6. The van der Waals surface area contributed by atoms with Gasteiger partial charge in [-0.2, -0.15) is 0 Å². The molecule has 5 nitrogen and oxygen atoms in total. The van der Waals surface area contributed by atoms with Crippen LogP contribution in [0.15, 0.2) is 29.2 Å². The van der Waals surface area contributed by atoms with Crippen LogP contribution in [0.5, 0.6) is 5.75 Å². The molecule has 2 unspecified atom stereocenters. The topological polar surface area (TPSA) is 81.4 Å². The molecule has 1 aromatic rings. The van der Waals surface area contributed by atoms with Crippen molar-refractivity contribution < 1.29 is 13.2 Å². The standard InChI is InChI=1S/C14H22N2O3S/c1-19-12-6-8-13(9-7-12)20(17,18)16-10-11-4-2-3-5-14(11)15/h6-9,11,14,16H,2-5,10,15H2,1H3. The molecule has 1 aromatic carbocycles. The van der Waals surface area contributed by atoms with Gasteiger partial charge in [-0.05, 0) is 43.0 Å². The van der Waals surface area contributed by atoms with Crippen molar-refractivity contribution in [2.75, 3.05) is 13.7 Å². The van der Waals surface area contributed by atoms with Crippen molar-refractivity contribution in [3.8, 4) is 5.75 Å². The summed E-state index contributed by atoms with van der Waals surface area (Å²) >= 11 is 0. The molecule has 0 spiro atoms. The fourth-order valence-corrected chi connectivity index (χ4v) is 3.64. The van der Waals surface area contributed by atoms with Gasteiger partial charge in [-0.15, -0.1) is 0 Å². The Morgan fingerprint density at radius 2 is 1.90 bits per heavy atom. The van der Waals surface area contributed by atoms with E-state index in [1.165, 1.54) is 0 Å². The highest BCUT2D eigenvalue weighted by Gasteiger charge is 2.24. The van der Waals surface area contributed by atoms with Crippen molar-refractivity contribution in [1.82, 2.24) is 4.72 Å². The third-order valence-electron chi connectivity index (χ3n) is 3.87. The molecule has 0 heterocycles. The molecule has 0 aromatic heterocycles. The molecule has 6 heteroatoms. The van der Waals surface area contributed by atoms with Crippen LogP contribution < -0.4 is 15.2 Å². The summed E-state index contributed by atoms with van der Waals surface area (Å²) in [7, 11) is -1.92. The van der Waals surface area contributed by atoms with Gasteiger partial charge in [0.15, 0.2) is 0 Å². The Hall–Kier alpha value is -1.11.